The summed E-state index contributed by atoms with van der Waals surface area (Å²) in [4.78, 5) is 5.37. The largest absolute Gasteiger partial charge is 0.317 e. The highest BCUT2D eigenvalue weighted by molar-refractivity contribution is 6.20. The summed E-state index contributed by atoms with van der Waals surface area (Å²) in [5.74, 6) is 0.891. The summed E-state index contributed by atoms with van der Waals surface area (Å²) in [5.41, 5.74) is 12.4. The zero-order valence-corrected chi connectivity index (χ0v) is 30.9. The second kappa shape index (κ2) is 12.4. The van der Waals surface area contributed by atoms with Gasteiger partial charge in [0.1, 0.15) is 5.82 Å². The molecule has 0 aliphatic carbocycles. The number of fused-ring (bicyclic) bond motifs is 9. The average molecular weight is 727 g/mol. The van der Waals surface area contributed by atoms with Crippen molar-refractivity contribution in [2.45, 2.75) is 0 Å². The first kappa shape index (κ1) is 31.6. The molecular formula is C53H34N4. The molecule has 4 heteroatoms. The maximum Gasteiger partial charge on any atom is 0.138 e. The minimum Gasteiger partial charge on any atom is -0.317 e. The Hall–Kier alpha value is -7.69. The number of hydrogen-bond donors (Lipinski definition) is 0. The van der Waals surface area contributed by atoms with Crippen LogP contribution < -0.4 is 0 Å². The Morgan fingerprint density at radius 1 is 0.333 bits per heavy atom. The van der Waals surface area contributed by atoms with Gasteiger partial charge in [0, 0.05) is 55.5 Å². The number of rotatable bonds is 5. The Kier molecular flexibility index (Phi) is 6.89. The van der Waals surface area contributed by atoms with E-state index in [-0.39, 0.29) is 0 Å². The first-order chi connectivity index (χ1) is 28.3. The molecule has 0 radical (unpaired) electrons. The Morgan fingerprint density at radius 3 is 1.75 bits per heavy atom. The molecule has 12 aromatic rings. The van der Waals surface area contributed by atoms with Gasteiger partial charge in [-0.25, -0.2) is 4.98 Å². The molecule has 0 bridgehead atoms. The van der Waals surface area contributed by atoms with E-state index in [1.807, 2.05) is 0 Å². The van der Waals surface area contributed by atoms with E-state index in [2.05, 4.69) is 220 Å². The lowest BCUT2D eigenvalue weighted by atomic mass is 10.0. The quantitative estimate of drug-likeness (QED) is 0.174. The summed E-state index contributed by atoms with van der Waals surface area (Å²) in [5, 5.41) is 8.53. The van der Waals surface area contributed by atoms with Gasteiger partial charge in [-0.3, -0.25) is 4.57 Å². The molecule has 0 atom stereocenters. The molecule has 0 unspecified atom stereocenters. The zero-order chi connectivity index (χ0) is 37.5. The summed E-state index contributed by atoms with van der Waals surface area (Å²) in [7, 11) is 0. The monoisotopic (exact) mass is 726 g/mol. The molecular weight excluding hydrogens is 693 g/mol. The number of nitrogens with zero attached hydrogens (tertiary/aromatic N) is 4. The third-order valence-corrected chi connectivity index (χ3v) is 11.6. The van der Waals surface area contributed by atoms with Crippen molar-refractivity contribution in [1.29, 1.82) is 0 Å². The van der Waals surface area contributed by atoms with E-state index in [0.29, 0.717) is 0 Å². The van der Waals surface area contributed by atoms with E-state index in [9.17, 15) is 0 Å². The van der Waals surface area contributed by atoms with E-state index in [1.54, 1.807) is 0 Å². The fraction of sp³-hybridized carbons (Fsp3) is 0. The van der Waals surface area contributed by atoms with Gasteiger partial charge >= 0.3 is 0 Å². The Bertz CT molecular complexity index is 3440. The molecule has 12 rings (SSSR count). The third kappa shape index (κ3) is 4.91. The molecule has 0 fully saturated rings. The van der Waals surface area contributed by atoms with Gasteiger partial charge in [0.25, 0.3) is 0 Å². The number of para-hydroxylation sites is 3. The van der Waals surface area contributed by atoms with Crippen molar-refractivity contribution >= 4 is 65.3 Å². The zero-order valence-electron chi connectivity index (χ0n) is 30.9. The smallest absolute Gasteiger partial charge is 0.138 e. The van der Waals surface area contributed by atoms with Crippen LogP contribution in [0.1, 0.15) is 0 Å². The predicted octanol–water partition coefficient (Wildman–Crippen LogP) is 13.7. The van der Waals surface area contributed by atoms with Gasteiger partial charge in [0.2, 0.25) is 0 Å². The molecule has 266 valence electrons. The number of benzene rings is 8. The second-order valence-corrected chi connectivity index (χ2v) is 14.9. The fourth-order valence-corrected chi connectivity index (χ4v) is 9.03. The summed E-state index contributed by atoms with van der Waals surface area (Å²) < 4.78 is 7.11. The first-order valence-electron chi connectivity index (χ1n) is 19.5. The topological polar surface area (TPSA) is 27.7 Å². The van der Waals surface area contributed by atoms with E-state index < -0.39 is 0 Å². The van der Waals surface area contributed by atoms with Crippen LogP contribution in [-0.4, -0.2) is 18.7 Å². The maximum absolute atomic E-state index is 5.37. The normalized spacial score (nSPS) is 11.9. The second-order valence-electron chi connectivity index (χ2n) is 14.9. The van der Waals surface area contributed by atoms with Gasteiger partial charge in [-0.15, -0.1) is 0 Å². The van der Waals surface area contributed by atoms with Crippen LogP contribution >= 0.6 is 0 Å². The van der Waals surface area contributed by atoms with Crippen LogP contribution in [0.5, 0.6) is 0 Å². The van der Waals surface area contributed by atoms with Crippen molar-refractivity contribution in [3.63, 3.8) is 0 Å². The molecule has 0 N–H and O–H groups in total. The molecule has 8 aromatic carbocycles. The van der Waals surface area contributed by atoms with E-state index in [4.69, 9.17) is 4.98 Å². The van der Waals surface area contributed by atoms with Crippen molar-refractivity contribution in [2.75, 3.05) is 0 Å². The van der Waals surface area contributed by atoms with Crippen LogP contribution in [-0.2, 0) is 0 Å². The van der Waals surface area contributed by atoms with Gasteiger partial charge in [-0.1, -0.05) is 127 Å². The Labute approximate surface area is 328 Å². The molecule has 0 saturated carbocycles. The number of aromatic nitrogens is 4. The van der Waals surface area contributed by atoms with Gasteiger partial charge in [-0.2, -0.15) is 0 Å². The molecule has 57 heavy (non-hydrogen) atoms. The van der Waals surface area contributed by atoms with Crippen LogP contribution in [0.4, 0.5) is 0 Å². The standard InChI is InChI=1S/C53H34N4/c1-4-14-35(15-5-1)39-31-47(36-16-6-2-7-17-36)54-52(32-39)57-49-23-13-11-21-43(49)46-33-41(25-27-50(46)57)56-48-22-12-10-20-42(48)44-26-24-37-30-38-28-29-55(40-18-8-3-9-19-40)51(38)34-45(37)53(44)56/h1-34H. The lowest BCUT2D eigenvalue weighted by Crippen LogP contribution is -2.00. The summed E-state index contributed by atoms with van der Waals surface area (Å²) in [6.45, 7) is 0. The van der Waals surface area contributed by atoms with E-state index in [1.165, 1.54) is 54.3 Å². The maximum atomic E-state index is 5.37. The molecule has 0 amide bonds. The van der Waals surface area contributed by atoms with Gasteiger partial charge in [0.05, 0.1) is 33.3 Å². The Morgan fingerprint density at radius 2 is 0.982 bits per heavy atom. The number of hydrogen-bond acceptors (Lipinski definition) is 1. The summed E-state index contributed by atoms with van der Waals surface area (Å²) in [6, 6.07) is 72.2. The number of pyridine rings is 1. The first-order valence-corrected chi connectivity index (χ1v) is 19.5. The van der Waals surface area contributed by atoms with Crippen molar-refractivity contribution in [1.82, 2.24) is 18.7 Å². The predicted molar refractivity (Wildman–Crippen MR) is 238 cm³/mol. The molecule has 4 aromatic heterocycles. The molecule has 4 nitrogen and oxygen atoms in total. The lowest BCUT2D eigenvalue weighted by molar-refractivity contribution is 1.08. The van der Waals surface area contributed by atoms with E-state index in [0.717, 1.165) is 50.6 Å². The average Bonchev–Trinajstić information content (AvgIpc) is 3.96. The minimum absolute atomic E-state index is 0.891. The third-order valence-electron chi connectivity index (χ3n) is 11.6. The fourth-order valence-electron chi connectivity index (χ4n) is 9.03. The summed E-state index contributed by atoms with van der Waals surface area (Å²) >= 11 is 0. The molecule has 0 aliphatic heterocycles. The molecule has 0 saturated heterocycles. The minimum atomic E-state index is 0.891. The summed E-state index contributed by atoms with van der Waals surface area (Å²) in [6.07, 6.45) is 2.18. The van der Waals surface area contributed by atoms with Gasteiger partial charge < -0.3 is 9.13 Å². The molecule has 0 aliphatic rings. The SMILES string of the molecule is c1ccc(-c2cc(-c3ccccc3)nc(-n3c4ccccc4c4cc(-n5c6ccccc6c6ccc7cc8ccn(-c9ccccc9)c8cc7c65)ccc43)c2)cc1. The van der Waals surface area contributed by atoms with Crippen molar-refractivity contribution in [2.24, 2.45) is 0 Å². The van der Waals surface area contributed by atoms with Crippen LogP contribution in [0.3, 0.4) is 0 Å². The highest BCUT2D eigenvalue weighted by Crippen LogP contribution is 2.41. The van der Waals surface area contributed by atoms with Gasteiger partial charge in [-0.05, 0) is 89.3 Å². The van der Waals surface area contributed by atoms with Crippen molar-refractivity contribution in [3.8, 4) is 39.6 Å². The highest BCUT2D eigenvalue weighted by Gasteiger charge is 2.20. The molecule has 4 heterocycles. The van der Waals surface area contributed by atoms with E-state index >= 15 is 0 Å². The van der Waals surface area contributed by atoms with Crippen molar-refractivity contribution in [3.05, 3.63) is 206 Å². The van der Waals surface area contributed by atoms with Gasteiger partial charge in [0.15, 0.2) is 0 Å². The molecule has 0 spiro atoms. The van der Waals surface area contributed by atoms with Crippen molar-refractivity contribution < 1.29 is 0 Å². The van der Waals surface area contributed by atoms with Crippen LogP contribution in [0.25, 0.3) is 105 Å². The lowest BCUT2D eigenvalue weighted by Gasteiger charge is -2.14. The van der Waals surface area contributed by atoms with Crippen LogP contribution in [0.15, 0.2) is 206 Å². The van der Waals surface area contributed by atoms with Crippen LogP contribution in [0.2, 0.25) is 0 Å². The Balaban J connectivity index is 1.12. The highest BCUT2D eigenvalue weighted by atomic mass is 15.1. The van der Waals surface area contributed by atoms with Crippen LogP contribution in [0, 0.1) is 0 Å².